The zero-order valence-electron chi connectivity index (χ0n) is 8.22. The Morgan fingerprint density at radius 1 is 1.27 bits per heavy atom. The summed E-state index contributed by atoms with van der Waals surface area (Å²) in [7, 11) is -4.05. The highest BCUT2D eigenvalue weighted by atomic mass is 32.2. The van der Waals surface area contributed by atoms with Crippen LogP contribution in [0, 0.1) is 24.0 Å². The molecule has 0 aliphatic carbocycles. The van der Waals surface area contributed by atoms with Crippen molar-refractivity contribution < 1.29 is 13.5 Å². The van der Waals surface area contributed by atoms with Crippen molar-refractivity contribution in [2.45, 2.75) is 18.7 Å². The zero-order chi connectivity index (χ0) is 11.6. The van der Waals surface area contributed by atoms with Crippen molar-refractivity contribution >= 4 is 10.0 Å². The minimum absolute atomic E-state index is 0.109. The molecular weight excluding hydrogens is 220 g/mol. The van der Waals surface area contributed by atoms with Gasteiger partial charge in [0.15, 0.2) is 5.03 Å². The number of hydrogen-bond donors (Lipinski definition) is 1. The first-order valence-corrected chi connectivity index (χ1v) is 5.55. The molecule has 0 amide bonds. The summed E-state index contributed by atoms with van der Waals surface area (Å²) < 4.78 is 22.7. The maximum Gasteiger partial charge on any atom is 0.311 e. The Balaban J connectivity index is 3.17. The summed E-state index contributed by atoms with van der Waals surface area (Å²) >= 11 is 0. The smallest absolute Gasteiger partial charge is 0.234 e. The fourth-order valence-corrected chi connectivity index (χ4v) is 1.91. The topological polar surface area (TPSA) is 89.3 Å². The molecule has 0 heterocycles. The van der Waals surface area contributed by atoms with Crippen LogP contribution in [0.5, 0.6) is 0 Å². The third-order valence-corrected chi connectivity index (χ3v) is 3.25. The maximum absolute atomic E-state index is 11.4. The second-order valence-corrected chi connectivity index (χ2v) is 4.76. The van der Waals surface area contributed by atoms with Crippen LogP contribution in [0.4, 0.5) is 0 Å². The molecule has 1 aromatic rings. The van der Waals surface area contributed by atoms with E-state index in [1.165, 1.54) is 17.0 Å². The largest absolute Gasteiger partial charge is 0.311 e. The molecule has 1 aromatic carbocycles. The Bertz CT molecular complexity index is 495. The van der Waals surface area contributed by atoms with Gasteiger partial charge in [0.25, 0.3) is 0 Å². The molecule has 7 heteroatoms. The van der Waals surface area contributed by atoms with Gasteiger partial charge in [-0.15, -0.1) is 0 Å². The summed E-state index contributed by atoms with van der Waals surface area (Å²) in [6.07, 6.45) is 0. The van der Waals surface area contributed by atoms with E-state index in [0.717, 1.165) is 11.1 Å². The quantitative estimate of drug-likeness (QED) is 0.613. The molecule has 0 spiro atoms. The summed E-state index contributed by atoms with van der Waals surface area (Å²) in [5.74, 6) is 0. The van der Waals surface area contributed by atoms with Crippen molar-refractivity contribution in [3.05, 3.63) is 39.4 Å². The minimum Gasteiger partial charge on any atom is -0.234 e. The lowest BCUT2D eigenvalue weighted by atomic mass is 10.1. The monoisotopic (exact) mass is 230 g/mol. The van der Waals surface area contributed by atoms with Gasteiger partial charge in [-0.05, 0) is 41.9 Å². The van der Waals surface area contributed by atoms with E-state index >= 15 is 0 Å². The number of sulfonamides is 1. The van der Waals surface area contributed by atoms with Crippen LogP contribution in [0.1, 0.15) is 11.1 Å². The van der Waals surface area contributed by atoms with E-state index in [9.17, 15) is 18.5 Å². The molecule has 15 heavy (non-hydrogen) atoms. The lowest BCUT2D eigenvalue weighted by Crippen LogP contribution is -2.29. The van der Waals surface area contributed by atoms with Crippen LogP contribution >= 0.6 is 0 Å². The zero-order valence-corrected chi connectivity index (χ0v) is 9.04. The number of nitro groups is 1. The molecule has 0 fully saturated rings. The SMILES string of the molecule is Cc1ccc(S(=O)(=O)N[N+](=O)[O-])cc1C. The van der Waals surface area contributed by atoms with Gasteiger partial charge in [0.1, 0.15) is 0 Å². The van der Waals surface area contributed by atoms with E-state index in [0.29, 0.717) is 0 Å². The summed E-state index contributed by atoms with van der Waals surface area (Å²) in [6.45, 7) is 3.56. The summed E-state index contributed by atoms with van der Waals surface area (Å²) in [6, 6.07) is 4.32. The van der Waals surface area contributed by atoms with Gasteiger partial charge in [0, 0.05) is 0 Å². The van der Waals surface area contributed by atoms with Crippen molar-refractivity contribution in [1.29, 1.82) is 0 Å². The van der Waals surface area contributed by atoms with Crippen molar-refractivity contribution in [2.75, 3.05) is 0 Å². The second kappa shape index (κ2) is 3.85. The average molecular weight is 230 g/mol. The molecule has 1 N–H and O–H groups in total. The molecule has 0 saturated heterocycles. The van der Waals surface area contributed by atoms with Gasteiger partial charge in [-0.3, -0.25) is 0 Å². The Morgan fingerprint density at radius 2 is 1.87 bits per heavy atom. The molecule has 0 aliphatic rings. The van der Waals surface area contributed by atoms with Crippen molar-refractivity contribution in [3.8, 4) is 0 Å². The standard InChI is InChI=1S/C8H10N2O4S/c1-6-3-4-8(5-7(6)2)15(13,14)9-10(11)12/h3-5,9H,1-2H3. The number of aryl methyl sites for hydroxylation is 2. The fraction of sp³-hybridized carbons (Fsp3) is 0.250. The molecule has 0 saturated carbocycles. The van der Waals surface area contributed by atoms with Gasteiger partial charge in [-0.25, -0.2) is 10.1 Å². The maximum atomic E-state index is 11.4. The van der Waals surface area contributed by atoms with E-state index in [2.05, 4.69) is 0 Å². The lowest BCUT2D eigenvalue weighted by molar-refractivity contribution is -0.518. The molecular formula is C8H10N2O4S. The molecule has 0 radical (unpaired) electrons. The normalized spacial score (nSPS) is 11.1. The van der Waals surface area contributed by atoms with E-state index in [1.807, 2.05) is 6.92 Å². The summed E-state index contributed by atoms with van der Waals surface area (Å²) in [4.78, 5) is 11.2. The van der Waals surface area contributed by atoms with Gasteiger partial charge in [0.2, 0.25) is 0 Å². The number of benzene rings is 1. The predicted octanol–water partition coefficient (Wildman–Crippen LogP) is 0.773. The van der Waals surface area contributed by atoms with Crippen LogP contribution in [0.25, 0.3) is 0 Å². The van der Waals surface area contributed by atoms with Crippen molar-refractivity contribution in [2.24, 2.45) is 0 Å². The van der Waals surface area contributed by atoms with Crippen LogP contribution in [-0.4, -0.2) is 13.5 Å². The van der Waals surface area contributed by atoms with Crippen LogP contribution in [0.2, 0.25) is 0 Å². The summed E-state index contributed by atoms with van der Waals surface area (Å²) in [5.41, 5.74) is 1.69. The second-order valence-electron chi connectivity index (χ2n) is 3.10. The van der Waals surface area contributed by atoms with Crippen LogP contribution in [-0.2, 0) is 10.0 Å². The Hall–Kier alpha value is -1.63. The third kappa shape index (κ3) is 2.66. The highest BCUT2D eigenvalue weighted by molar-refractivity contribution is 7.89. The Labute approximate surface area is 87.1 Å². The molecule has 0 unspecified atom stereocenters. The minimum atomic E-state index is -4.05. The molecule has 0 bridgehead atoms. The van der Waals surface area contributed by atoms with Gasteiger partial charge in [-0.1, -0.05) is 6.07 Å². The lowest BCUT2D eigenvalue weighted by Gasteiger charge is -2.03. The molecule has 0 atom stereocenters. The van der Waals surface area contributed by atoms with Crippen molar-refractivity contribution in [1.82, 2.24) is 4.83 Å². The Kier molecular flexibility index (Phi) is 2.94. The van der Waals surface area contributed by atoms with E-state index < -0.39 is 15.1 Å². The first kappa shape index (κ1) is 11.4. The van der Waals surface area contributed by atoms with Crippen molar-refractivity contribution in [3.63, 3.8) is 0 Å². The molecule has 1 rings (SSSR count). The Morgan fingerprint density at radius 3 is 2.33 bits per heavy atom. The van der Waals surface area contributed by atoms with Gasteiger partial charge < -0.3 is 0 Å². The number of hydrogen-bond acceptors (Lipinski definition) is 4. The number of hydrazine groups is 1. The highest BCUT2D eigenvalue weighted by Crippen LogP contribution is 2.14. The number of nitrogens with zero attached hydrogens (tertiary/aromatic N) is 1. The van der Waals surface area contributed by atoms with Crippen LogP contribution < -0.4 is 4.83 Å². The number of nitrogens with one attached hydrogen (secondary N) is 1. The van der Waals surface area contributed by atoms with E-state index in [-0.39, 0.29) is 4.90 Å². The highest BCUT2D eigenvalue weighted by Gasteiger charge is 2.19. The van der Waals surface area contributed by atoms with Crippen LogP contribution in [0.3, 0.4) is 0 Å². The molecule has 82 valence electrons. The fourth-order valence-electron chi connectivity index (χ4n) is 1.03. The predicted molar refractivity (Wildman–Crippen MR) is 53.2 cm³/mol. The van der Waals surface area contributed by atoms with Gasteiger partial charge >= 0.3 is 10.0 Å². The van der Waals surface area contributed by atoms with E-state index in [1.54, 1.807) is 13.0 Å². The average Bonchev–Trinajstić information content (AvgIpc) is 2.07. The third-order valence-electron chi connectivity index (χ3n) is 1.98. The van der Waals surface area contributed by atoms with Gasteiger partial charge in [-0.2, -0.15) is 8.42 Å². The van der Waals surface area contributed by atoms with Crippen LogP contribution in [0.15, 0.2) is 23.1 Å². The summed E-state index contributed by atoms with van der Waals surface area (Å²) in [5, 5.41) is 8.96. The molecule has 0 aliphatic heterocycles. The first-order chi connectivity index (χ1) is 6.83. The number of rotatable bonds is 3. The molecule has 0 aromatic heterocycles. The first-order valence-electron chi connectivity index (χ1n) is 4.07. The molecule has 6 nitrogen and oxygen atoms in total. The van der Waals surface area contributed by atoms with Gasteiger partial charge in [0.05, 0.1) is 4.90 Å². The van der Waals surface area contributed by atoms with E-state index in [4.69, 9.17) is 0 Å².